The van der Waals surface area contributed by atoms with E-state index in [1.165, 1.54) is 10.9 Å². The van der Waals surface area contributed by atoms with E-state index in [1.54, 1.807) is 31.3 Å². The number of benzene rings is 1. The molecule has 0 bridgehead atoms. The summed E-state index contributed by atoms with van der Waals surface area (Å²) in [5.41, 5.74) is 6.74. The third kappa shape index (κ3) is 3.00. The van der Waals surface area contributed by atoms with Crippen molar-refractivity contribution in [3.05, 3.63) is 42.1 Å². The molecular formula is C13H18N4O2S. The van der Waals surface area contributed by atoms with Crippen molar-refractivity contribution in [2.24, 2.45) is 12.8 Å². The van der Waals surface area contributed by atoms with Crippen LogP contribution in [-0.2, 0) is 17.1 Å². The number of hydrogen-bond acceptors (Lipinski definition) is 4. The van der Waals surface area contributed by atoms with Gasteiger partial charge in [0.15, 0.2) is 0 Å². The third-order valence-electron chi connectivity index (χ3n) is 3.10. The molecule has 0 aliphatic carbocycles. The van der Waals surface area contributed by atoms with Crippen LogP contribution in [0.4, 0.5) is 5.82 Å². The SMILES string of the molecule is CCC(N)c1cccc(S(=O)(=O)Nc2ccnn2C)c1. The molecule has 0 fully saturated rings. The fourth-order valence-electron chi connectivity index (χ4n) is 1.82. The van der Waals surface area contributed by atoms with E-state index < -0.39 is 10.0 Å². The maximum atomic E-state index is 12.3. The first-order valence-corrected chi connectivity index (χ1v) is 7.78. The molecule has 3 N–H and O–H groups in total. The predicted octanol–water partition coefficient (Wildman–Crippen LogP) is 1.63. The molecule has 0 aliphatic rings. The molecule has 1 aromatic carbocycles. The second kappa shape index (κ2) is 5.64. The first-order chi connectivity index (χ1) is 9.44. The molecule has 0 saturated carbocycles. The van der Waals surface area contributed by atoms with E-state index in [9.17, 15) is 8.42 Å². The van der Waals surface area contributed by atoms with Crippen LogP contribution < -0.4 is 10.5 Å². The zero-order chi connectivity index (χ0) is 14.8. The van der Waals surface area contributed by atoms with Gasteiger partial charge in [0, 0.05) is 19.2 Å². The van der Waals surface area contributed by atoms with Crippen LogP contribution in [0.1, 0.15) is 24.9 Å². The Morgan fingerprint density at radius 1 is 1.40 bits per heavy atom. The van der Waals surface area contributed by atoms with Gasteiger partial charge in [-0.05, 0) is 24.1 Å². The molecule has 0 aliphatic heterocycles. The molecule has 1 aromatic heterocycles. The number of aromatic nitrogens is 2. The summed E-state index contributed by atoms with van der Waals surface area (Å²) in [4.78, 5) is 0.195. The Balaban J connectivity index is 2.32. The maximum absolute atomic E-state index is 12.3. The zero-order valence-corrected chi connectivity index (χ0v) is 12.3. The Bertz CT molecular complexity index is 694. The summed E-state index contributed by atoms with van der Waals surface area (Å²) in [6, 6.07) is 8.11. The maximum Gasteiger partial charge on any atom is 0.263 e. The van der Waals surface area contributed by atoms with Crippen molar-refractivity contribution in [1.82, 2.24) is 9.78 Å². The first-order valence-electron chi connectivity index (χ1n) is 6.30. The largest absolute Gasteiger partial charge is 0.324 e. The molecular weight excluding hydrogens is 276 g/mol. The van der Waals surface area contributed by atoms with Crippen molar-refractivity contribution < 1.29 is 8.42 Å². The molecule has 1 atom stereocenters. The third-order valence-corrected chi connectivity index (χ3v) is 4.45. The summed E-state index contributed by atoms with van der Waals surface area (Å²) >= 11 is 0. The minimum atomic E-state index is -3.64. The number of nitrogens with two attached hydrogens (primary N) is 1. The molecule has 2 rings (SSSR count). The minimum Gasteiger partial charge on any atom is -0.324 e. The first kappa shape index (κ1) is 14.5. The van der Waals surface area contributed by atoms with E-state index in [0.29, 0.717) is 5.82 Å². The number of anilines is 1. The van der Waals surface area contributed by atoms with Crippen molar-refractivity contribution in [2.75, 3.05) is 4.72 Å². The Labute approximate surface area is 118 Å². The van der Waals surface area contributed by atoms with E-state index in [-0.39, 0.29) is 10.9 Å². The van der Waals surface area contributed by atoms with Gasteiger partial charge in [-0.25, -0.2) is 8.42 Å². The lowest BCUT2D eigenvalue weighted by molar-refractivity contribution is 0.599. The van der Waals surface area contributed by atoms with Crippen molar-refractivity contribution in [1.29, 1.82) is 0 Å². The van der Waals surface area contributed by atoms with E-state index in [1.807, 2.05) is 13.0 Å². The summed E-state index contributed by atoms with van der Waals surface area (Å²) in [6.45, 7) is 1.96. The summed E-state index contributed by atoms with van der Waals surface area (Å²) < 4.78 is 28.6. The number of nitrogens with zero attached hydrogens (tertiary/aromatic N) is 2. The van der Waals surface area contributed by atoms with Gasteiger partial charge >= 0.3 is 0 Å². The van der Waals surface area contributed by atoms with Crippen molar-refractivity contribution in [3.8, 4) is 0 Å². The monoisotopic (exact) mass is 294 g/mol. The van der Waals surface area contributed by atoms with E-state index in [4.69, 9.17) is 5.73 Å². The number of rotatable bonds is 5. The lowest BCUT2D eigenvalue weighted by atomic mass is 10.1. The molecule has 7 heteroatoms. The lowest BCUT2D eigenvalue weighted by Crippen LogP contribution is -2.16. The molecule has 108 valence electrons. The normalized spacial score (nSPS) is 13.2. The Morgan fingerprint density at radius 3 is 2.75 bits per heavy atom. The van der Waals surface area contributed by atoms with Gasteiger partial charge in [0.05, 0.1) is 11.1 Å². The topological polar surface area (TPSA) is 90.0 Å². The van der Waals surface area contributed by atoms with Gasteiger partial charge in [-0.1, -0.05) is 19.1 Å². The van der Waals surface area contributed by atoms with E-state index >= 15 is 0 Å². The average molecular weight is 294 g/mol. The summed E-state index contributed by atoms with van der Waals surface area (Å²) in [6.07, 6.45) is 2.28. The van der Waals surface area contributed by atoms with E-state index in [0.717, 1.165) is 12.0 Å². The molecule has 0 saturated heterocycles. The highest BCUT2D eigenvalue weighted by atomic mass is 32.2. The van der Waals surface area contributed by atoms with Crippen LogP contribution in [0, 0.1) is 0 Å². The summed E-state index contributed by atoms with van der Waals surface area (Å²) in [5.74, 6) is 0.412. The fraction of sp³-hybridized carbons (Fsp3) is 0.308. The van der Waals surface area contributed by atoms with Crippen LogP contribution in [0.5, 0.6) is 0 Å². The second-order valence-corrected chi connectivity index (χ2v) is 6.22. The number of sulfonamides is 1. The highest BCUT2D eigenvalue weighted by Crippen LogP contribution is 2.20. The zero-order valence-electron chi connectivity index (χ0n) is 11.4. The Hall–Kier alpha value is -1.86. The molecule has 1 unspecified atom stereocenters. The number of hydrogen-bond donors (Lipinski definition) is 2. The van der Waals surface area contributed by atoms with Crippen LogP contribution in [0.25, 0.3) is 0 Å². The molecule has 0 spiro atoms. The van der Waals surface area contributed by atoms with Gasteiger partial charge in [-0.15, -0.1) is 0 Å². The molecule has 6 nitrogen and oxygen atoms in total. The standard InChI is InChI=1S/C13H18N4O2S/c1-3-12(14)10-5-4-6-11(9-10)20(18,19)16-13-7-8-15-17(13)2/h4-9,12,16H,3,14H2,1-2H3. The van der Waals surface area contributed by atoms with Crippen molar-refractivity contribution in [3.63, 3.8) is 0 Å². The quantitative estimate of drug-likeness (QED) is 0.877. The van der Waals surface area contributed by atoms with Crippen LogP contribution >= 0.6 is 0 Å². The van der Waals surface area contributed by atoms with Gasteiger partial charge in [0.25, 0.3) is 10.0 Å². The summed E-state index contributed by atoms with van der Waals surface area (Å²) in [7, 11) is -1.97. The van der Waals surface area contributed by atoms with Gasteiger partial charge in [0.2, 0.25) is 0 Å². The highest BCUT2D eigenvalue weighted by Gasteiger charge is 2.17. The minimum absolute atomic E-state index is 0.165. The van der Waals surface area contributed by atoms with Gasteiger partial charge in [-0.3, -0.25) is 9.40 Å². The second-order valence-electron chi connectivity index (χ2n) is 4.53. The molecule has 20 heavy (non-hydrogen) atoms. The van der Waals surface area contributed by atoms with Gasteiger partial charge in [-0.2, -0.15) is 5.10 Å². The Kier molecular flexibility index (Phi) is 4.10. The molecule has 0 amide bonds. The molecule has 0 radical (unpaired) electrons. The highest BCUT2D eigenvalue weighted by molar-refractivity contribution is 7.92. The predicted molar refractivity (Wildman–Crippen MR) is 77.7 cm³/mol. The van der Waals surface area contributed by atoms with E-state index in [2.05, 4.69) is 9.82 Å². The summed E-state index contributed by atoms with van der Waals surface area (Å²) in [5, 5.41) is 3.92. The van der Waals surface area contributed by atoms with Crippen LogP contribution in [0.3, 0.4) is 0 Å². The average Bonchev–Trinajstić information content (AvgIpc) is 2.83. The van der Waals surface area contributed by atoms with Crippen molar-refractivity contribution >= 4 is 15.8 Å². The molecule has 2 aromatic rings. The van der Waals surface area contributed by atoms with Crippen molar-refractivity contribution in [2.45, 2.75) is 24.3 Å². The molecule has 1 heterocycles. The van der Waals surface area contributed by atoms with Gasteiger partial charge in [0.1, 0.15) is 5.82 Å². The number of nitrogens with one attached hydrogen (secondary N) is 1. The van der Waals surface area contributed by atoms with Crippen LogP contribution in [0.15, 0.2) is 41.4 Å². The Morgan fingerprint density at radius 2 is 2.15 bits per heavy atom. The lowest BCUT2D eigenvalue weighted by Gasteiger charge is -2.12. The smallest absolute Gasteiger partial charge is 0.263 e. The van der Waals surface area contributed by atoms with Crippen LogP contribution in [0.2, 0.25) is 0 Å². The van der Waals surface area contributed by atoms with Gasteiger partial charge < -0.3 is 5.73 Å². The number of aryl methyl sites for hydroxylation is 1. The van der Waals surface area contributed by atoms with Crippen LogP contribution in [-0.4, -0.2) is 18.2 Å². The fourth-order valence-corrected chi connectivity index (χ4v) is 2.96.